The van der Waals surface area contributed by atoms with Crippen LogP contribution >= 0.6 is 11.6 Å². The number of ether oxygens (including phenoxy) is 1. The number of alkyl halides is 3. The van der Waals surface area contributed by atoms with Crippen LogP contribution in [0.25, 0.3) is 16.9 Å². The van der Waals surface area contributed by atoms with Gasteiger partial charge in [0, 0.05) is 18.7 Å². The van der Waals surface area contributed by atoms with E-state index in [0.717, 1.165) is 18.9 Å². The average molecular weight is 453 g/mol. The fourth-order valence-corrected chi connectivity index (χ4v) is 3.84. The third-order valence-corrected chi connectivity index (χ3v) is 5.83. The smallest absolute Gasteiger partial charge is 0.433 e. The van der Waals surface area contributed by atoms with E-state index in [1.165, 1.54) is 7.11 Å². The van der Waals surface area contributed by atoms with Crippen molar-refractivity contribution >= 4 is 23.2 Å². The minimum Gasteiger partial charge on any atom is -0.497 e. The lowest BCUT2D eigenvalue weighted by atomic mass is 9.99. The Morgan fingerprint density at radius 2 is 1.84 bits per heavy atom. The highest BCUT2D eigenvalue weighted by atomic mass is 35.5. The molecule has 3 aromatic rings. The van der Waals surface area contributed by atoms with Crippen molar-refractivity contribution in [1.82, 2.24) is 19.5 Å². The quantitative estimate of drug-likeness (QED) is 0.564. The number of fused-ring (bicyclic) bond motifs is 1. The molecule has 0 unspecified atom stereocenters. The first-order valence-corrected chi connectivity index (χ1v) is 10.2. The summed E-state index contributed by atoms with van der Waals surface area (Å²) in [7, 11) is 1.49. The molecule has 1 aliphatic rings. The van der Waals surface area contributed by atoms with Crippen LogP contribution in [0.1, 0.15) is 35.9 Å². The molecule has 4 rings (SSSR count). The summed E-state index contributed by atoms with van der Waals surface area (Å²) in [5.74, 6) is 0.569. The lowest BCUT2D eigenvalue weighted by molar-refractivity contribution is -0.142. The third kappa shape index (κ3) is 4.06. The number of likely N-dealkylation sites (tertiary alicyclic amines) is 1. The number of carbonyl (C=O) groups excluding carboxylic acids is 1. The van der Waals surface area contributed by atoms with Gasteiger partial charge in [0.05, 0.1) is 12.8 Å². The fraction of sp³-hybridized carbons (Fsp3) is 0.381. The van der Waals surface area contributed by atoms with E-state index < -0.39 is 17.8 Å². The van der Waals surface area contributed by atoms with E-state index in [4.69, 9.17) is 16.3 Å². The van der Waals surface area contributed by atoms with Crippen molar-refractivity contribution in [2.24, 2.45) is 5.92 Å². The molecule has 1 fully saturated rings. The van der Waals surface area contributed by atoms with Gasteiger partial charge in [-0.3, -0.25) is 4.79 Å². The van der Waals surface area contributed by atoms with Gasteiger partial charge in [0.25, 0.3) is 5.91 Å². The number of hydrogen-bond donors (Lipinski definition) is 0. The van der Waals surface area contributed by atoms with Crippen molar-refractivity contribution in [3.05, 3.63) is 46.7 Å². The summed E-state index contributed by atoms with van der Waals surface area (Å²) in [4.78, 5) is 18.8. The number of rotatable bonds is 3. The van der Waals surface area contributed by atoms with Gasteiger partial charge in [0.1, 0.15) is 10.8 Å². The Labute approximate surface area is 181 Å². The van der Waals surface area contributed by atoms with Crippen LogP contribution in [0.2, 0.25) is 5.02 Å². The molecule has 0 radical (unpaired) electrons. The zero-order valence-corrected chi connectivity index (χ0v) is 17.7. The van der Waals surface area contributed by atoms with Crippen LogP contribution in [-0.4, -0.2) is 45.6 Å². The zero-order chi connectivity index (χ0) is 22.3. The average Bonchev–Trinajstić information content (AvgIpc) is 3.09. The number of piperidine rings is 1. The van der Waals surface area contributed by atoms with Crippen molar-refractivity contribution < 1.29 is 22.7 Å². The molecule has 3 heterocycles. The third-order valence-electron chi connectivity index (χ3n) is 5.48. The number of nitrogens with zero attached hydrogens (tertiary/aromatic N) is 4. The zero-order valence-electron chi connectivity index (χ0n) is 16.9. The van der Waals surface area contributed by atoms with Gasteiger partial charge in [-0.25, -0.2) is 9.50 Å². The van der Waals surface area contributed by atoms with Crippen molar-refractivity contribution in [2.45, 2.75) is 25.9 Å². The molecule has 1 amide bonds. The first kappa shape index (κ1) is 21.4. The summed E-state index contributed by atoms with van der Waals surface area (Å²) in [6, 6.07) is 7.35. The summed E-state index contributed by atoms with van der Waals surface area (Å²) in [6.07, 6.45) is -3.08. The molecule has 0 bridgehead atoms. The Bertz CT molecular complexity index is 1120. The molecule has 6 nitrogen and oxygen atoms in total. The Hall–Kier alpha value is -2.81. The summed E-state index contributed by atoms with van der Waals surface area (Å²) in [6.45, 7) is 3.13. The molecule has 0 N–H and O–H groups in total. The first-order chi connectivity index (χ1) is 14.7. The second kappa shape index (κ2) is 8.03. The minimum absolute atomic E-state index is 0.0649. The van der Waals surface area contributed by atoms with E-state index in [9.17, 15) is 18.0 Å². The van der Waals surface area contributed by atoms with Crippen LogP contribution in [0.15, 0.2) is 30.3 Å². The van der Waals surface area contributed by atoms with Crippen molar-refractivity contribution in [3.8, 4) is 17.0 Å². The normalized spacial score (nSPS) is 15.5. The van der Waals surface area contributed by atoms with Gasteiger partial charge in [0.15, 0.2) is 17.0 Å². The number of aromatic nitrogens is 3. The van der Waals surface area contributed by atoms with Gasteiger partial charge >= 0.3 is 6.18 Å². The fourth-order valence-electron chi connectivity index (χ4n) is 3.60. The van der Waals surface area contributed by atoms with Crippen molar-refractivity contribution in [1.29, 1.82) is 0 Å². The highest BCUT2D eigenvalue weighted by Crippen LogP contribution is 2.35. The Balaban J connectivity index is 1.83. The van der Waals surface area contributed by atoms with Crippen molar-refractivity contribution in [2.75, 3.05) is 20.2 Å². The van der Waals surface area contributed by atoms with Gasteiger partial charge in [-0.15, -0.1) is 0 Å². The second-order valence-electron chi connectivity index (χ2n) is 7.63. The molecule has 1 aliphatic heterocycles. The lowest BCUT2D eigenvalue weighted by Crippen LogP contribution is -2.38. The number of amides is 1. The molecule has 1 saturated heterocycles. The maximum absolute atomic E-state index is 13.8. The van der Waals surface area contributed by atoms with Gasteiger partial charge in [0.2, 0.25) is 0 Å². The molecule has 31 heavy (non-hydrogen) atoms. The van der Waals surface area contributed by atoms with Gasteiger partial charge in [-0.1, -0.05) is 18.5 Å². The Morgan fingerprint density at radius 1 is 1.19 bits per heavy atom. The SMILES string of the molecule is COc1ccc(-c2cc(C(F)(F)F)n3nc(C(=O)N4CCC(C)CC4)c(Cl)c3n2)cc1. The van der Waals surface area contributed by atoms with E-state index >= 15 is 0 Å². The highest BCUT2D eigenvalue weighted by Gasteiger charge is 2.37. The molecule has 0 spiro atoms. The van der Waals surface area contributed by atoms with E-state index in [0.29, 0.717) is 34.8 Å². The molecule has 0 atom stereocenters. The molecule has 0 aliphatic carbocycles. The first-order valence-electron chi connectivity index (χ1n) is 9.79. The van der Waals surface area contributed by atoms with Crippen LogP contribution in [-0.2, 0) is 6.18 Å². The van der Waals surface area contributed by atoms with Gasteiger partial charge in [-0.2, -0.15) is 18.3 Å². The molecular weight excluding hydrogens is 433 g/mol. The highest BCUT2D eigenvalue weighted by molar-refractivity contribution is 6.36. The van der Waals surface area contributed by atoms with E-state index in [-0.39, 0.29) is 22.1 Å². The molecule has 1 aromatic carbocycles. The standard InChI is InChI=1S/C21H20ClF3N4O2/c1-12-7-9-28(10-8-12)20(30)18-17(22)19-26-15(13-3-5-14(31-2)6-4-13)11-16(21(23,24)25)29(19)27-18/h3-6,11-12H,7-10H2,1-2H3. The van der Waals surface area contributed by atoms with Crippen LogP contribution in [0.5, 0.6) is 5.75 Å². The number of halogens is 4. The Morgan fingerprint density at radius 3 is 2.42 bits per heavy atom. The van der Waals surface area contributed by atoms with Crippen LogP contribution in [0.4, 0.5) is 13.2 Å². The summed E-state index contributed by atoms with van der Waals surface area (Å²) >= 11 is 6.35. The van der Waals surface area contributed by atoms with E-state index in [2.05, 4.69) is 17.0 Å². The lowest BCUT2D eigenvalue weighted by Gasteiger charge is -2.29. The maximum Gasteiger partial charge on any atom is 0.433 e. The molecular formula is C21H20ClF3N4O2. The van der Waals surface area contributed by atoms with E-state index in [1.807, 2.05) is 0 Å². The van der Waals surface area contributed by atoms with Crippen LogP contribution in [0, 0.1) is 5.92 Å². The van der Waals surface area contributed by atoms with Gasteiger partial charge in [-0.05, 0) is 49.1 Å². The van der Waals surface area contributed by atoms with Gasteiger partial charge < -0.3 is 9.64 Å². The monoisotopic (exact) mass is 452 g/mol. The number of methoxy groups -OCH3 is 1. The second-order valence-corrected chi connectivity index (χ2v) is 8.00. The maximum atomic E-state index is 13.8. The van der Waals surface area contributed by atoms with Crippen LogP contribution in [0.3, 0.4) is 0 Å². The predicted molar refractivity (Wildman–Crippen MR) is 109 cm³/mol. The Kier molecular flexibility index (Phi) is 5.55. The minimum atomic E-state index is -4.72. The largest absolute Gasteiger partial charge is 0.497 e. The summed E-state index contributed by atoms with van der Waals surface area (Å²) in [5.41, 5.74) is -0.979. The number of benzene rings is 1. The summed E-state index contributed by atoms with van der Waals surface area (Å²) < 4.78 is 47.2. The summed E-state index contributed by atoms with van der Waals surface area (Å²) in [5, 5.41) is 3.74. The molecule has 0 saturated carbocycles. The molecule has 2 aromatic heterocycles. The number of carbonyl (C=O) groups is 1. The van der Waals surface area contributed by atoms with Crippen molar-refractivity contribution in [3.63, 3.8) is 0 Å². The number of hydrogen-bond acceptors (Lipinski definition) is 4. The topological polar surface area (TPSA) is 59.7 Å². The molecule has 164 valence electrons. The van der Waals surface area contributed by atoms with Crippen LogP contribution < -0.4 is 4.74 Å². The predicted octanol–water partition coefficient (Wildman–Crippen LogP) is 4.95. The molecule has 10 heteroatoms. The van der Waals surface area contributed by atoms with E-state index in [1.54, 1.807) is 29.2 Å².